The monoisotopic (exact) mass is 405 g/mol. The molecule has 7 nitrogen and oxygen atoms in total. The number of para-hydroxylation sites is 2. The number of methoxy groups -OCH3 is 1. The number of hydrogen-bond donors (Lipinski definition) is 2. The van der Waals surface area contributed by atoms with Crippen LogP contribution in [0, 0.1) is 5.92 Å². The van der Waals surface area contributed by atoms with E-state index in [-0.39, 0.29) is 18.0 Å². The third-order valence-corrected chi connectivity index (χ3v) is 5.68. The quantitative estimate of drug-likeness (QED) is 0.669. The predicted molar refractivity (Wildman–Crippen MR) is 117 cm³/mol. The molecule has 1 aliphatic rings. The van der Waals surface area contributed by atoms with Crippen LogP contribution in [0.25, 0.3) is 0 Å². The summed E-state index contributed by atoms with van der Waals surface area (Å²) in [6, 6.07) is 15.4. The van der Waals surface area contributed by atoms with E-state index in [0.717, 1.165) is 5.56 Å². The second kappa shape index (κ2) is 8.18. The molecule has 1 amide bonds. The van der Waals surface area contributed by atoms with Gasteiger partial charge in [0.05, 0.1) is 24.8 Å². The number of fused-ring (bicyclic) bond motifs is 1. The zero-order valence-corrected chi connectivity index (χ0v) is 17.7. The number of carbonyl (C=O) groups is 1. The normalized spacial score (nSPS) is 20.4. The van der Waals surface area contributed by atoms with Crippen molar-refractivity contribution < 1.29 is 9.53 Å². The van der Waals surface area contributed by atoms with Crippen molar-refractivity contribution in [2.45, 2.75) is 38.8 Å². The first-order valence-corrected chi connectivity index (χ1v) is 10.2. The fourth-order valence-electron chi connectivity index (χ4n) is 4.04. The molecule has 7 heteroatoms. The first kappa shape index (κ1) is 19.9. The summed E-state index contributed by atoms with van der Waals surface area (Å²) in [5, 5.41) is 10.8. The third kappa shape index (κ3) is 3.63. The molecule has 0 bridgehead atoms. The molecule has 0 radical (unpaired) electrons. The second-order valence-corrected chi connectivity index (χ2v) is 7.94. The van der Waals surface area contributed by atoms with Crippen LogP contribution in [0.5, 0.6) is 5.75 Å². The summed E-state index contributed by atoms with van der Waals surface area (Å²) in [6.45, 7) is 6.33. The van der Waals surface area contributed by atoms with E-state index in [1.165, 1.54) is 11.9 Å². The summed E-state index contributed by atoms with van der Waals surface area (Å²) in [5.74, 6) is 1.24. The number of rotatable bonds is 5. The molecule has 1 aromatic heterocycles. The Morgan fingerprint density at radius 3 is 2.60 bits per heavy atom. The number of hydrogen-bond acceptors (Lipinski definition) is 5. The van der Waals surface area contributed by atoms with E-state index in [4.69, 9.17) is 4.74 Å². The summed E-state index contributed by atoms with van der Waals surface area (Å²) in [5.41, 5.74) is 2.93. The van der Waals surface area contributed by atoms with Crippen LogP contribution in [-0.4, -0.2) is 33.8 Å². The highest BCUT2D eigenvalue weighted by Crippen LogP contribution is 2.37. The SMILES string of the molecule is COc1ccccc1NC(=O)[C@@H]1[C@H](C)Nc2ncnn2[C@H]1c1ccc(C(C)C)cc1. The molecule has 2 N–H and O–H groups in total. The van der Waals surface area contributed by atoms with Crippen LogP contribution in [-0.2, 0) is 4.79 Å². The molecule has 0 unspecified atom stereocenters. The summed E-state index contributed by atoms with van der Waals surface area (Å²) in [7, 11) is 1.59. The van der Waals surface area contributed by atoms with Gasteiger partial charge < -0.3 is 15.4 Å². The average Bonchev–Trinajstić information content (AvgIpc) is 3.21. The molecule has 0 saturated heterocycles. The van der Waals surface area contributed by atoms with E-state index >= 15 is 0 Å². The molecule has 0 spiro atoms. The van der Waals surface area contributed by atoms with Gasteiger partial charge in [-0.05, 0) is 36.1 Å². The van der Waals surface area contributed by atoms with Crippen molar-refractivity contribution in [2.24, 2.45) is 5.92 Å². The minimum absolute atomic E-state index is 0.0985. The molecule has 30 heavy (non-hydrogen) atoms. The van der Waals surface area contributed by atoms with Crippen LogP contribution in [0.2, 0.25) is 0 Å². The van der Waals surface area contributed by atoms with E-state index in [0.29, 0.717) is 23.3 Å². The van der Waals surface area contributed by atoms with Gasteiger partial charge in [-0.1, -0.05) is 50.2 Å². The van der Waals surface area contributed by atoms with Crippen molar-refractivity contribution in [3.8, 4) is 5.75 Å². The van der Waals surface area contributed by atoms with Gasteiger partial charge >= 0.3 is 0 Å². The Kier molecular flexibility index (Phi) is 5.44. The van der Waals surface area contributed by atoms with Gasteiger partial charge in [0.25, 0.3) is 0 Å². The Bertz CT molecular complexity index is 1030. The van der Waals surface area contributed by atoms with Gasteiger partial charge in [0.2, 0.25) is 11.9 Å². The van der Waals surface area contributed by atoms with Crippen LogP contribution >= 0.6 is 0 Å². The van der Waals surface area contributed by atoms with Gasteiger partial charge in [0.1, 0.15) is 12.1 Å². The number of benzene rings is 2. The molecular weight excluding hydrogens is 378 g/mol. The zero-order chi connectivity index (χ0) is 21.3. The van der Waals surface area contributed by atoms with Crippen LogP contribution in [0.3, 0.4) is 0 Å². The predicted octanol–water partition coefficient (Wildman–Crippen LogP) is 4.07. The van der Waals surface area contributed by atoms with E-state index in [9.17, 15) is 4.79 Å². The van der Waals surface area contributed by atoms with E-state index in [2.05, 4.69) is 58.8 Å². The van der Waals surface area contributed by atoms with Crippen molar-refractivity contribution in [1.29, 1.82) is 0 Å². The molecule has 0 aliphatic carbocycles. The minimum atomic E-state index is -0.394. The Morgan fingerprint density at radius 2 is 1.90 bits per heavy atom. The topological polar surface area (TPSA) is 81.1 Å². The van der Waals surface area contributed by atoms with Crippen molar-refractivity contribution in [3.63, 3.8) is 0 Å². The van der Waals surface area contributed by atoms with Gasteiger partial charge in [-0.25, -0.2) is 4.68 Å². The summed E-state index contributed by atoms with van der Waals surface area (Å²) in [4.78, 5) is 17.8. The smallest absolute Gasteiger partial charge is 0.232 e. The van der Waals surface area contributed by atoms with E-state index in [1.54, 1.807) is 11.8 Å². The first-order valence-electron chi connectivity index (χ1n) is 10.2. The lowest BCUT2D eigenvalue weighted by Gasteiger charge is -2.37. The third-order valence-electron chi connectivity index (χ3n) is 5.68. The van der Waals surface area contributed by atoms with Crippen molar-refractivity contribution in [1.82, 2.24) is 14.8 Å². The van der Waals surface area contributed by atoms with Crippen LogP contribution in [0.15, 0.2) is 54.9 Å². The maximum absolute atomic E-state index is 13.5. The van der Waals surface area contributed by atoms with E-state index in [1.807, 2.05) is 31.2 Å². The molecule has 2 heterocycles. The van der Waals surface area contributed by atoms with Crippen LogP contribution in [0.4, 0.5) is 11.6 Å². The maximum atomic E-state index is 13.5. The van der Waals surface area contributed by atoms with Crippen molar-refractivity contribution >= 4 is 17.5 Å². The summed E-state index contributed by atoms with van der Waals surface area (Å²) >= 11 is 0. The average molecular weight is 406 g/mol. The Morgan fingerprint density at radius 1 is 1.17 bits per heavy atom. The lowest BCUT2D eigenvalue weighted by Crippen LogP contribution is -2.46. The first-order chi connectivity index (χ1) is 14.5. The minimum Gasteiger partial charge on any atom is -0.495 e. The molecule has 3 aromatic rings. The highest BCUT2D eigenvalue weighted by Gasteiger charge is 2.41. The largest absolute Gasteiger partial charge is 0.495 e. The lowest BCUT2D eigenvalue weighted by atomic mass is 9.84. The standard InChI is InChI=1S/C23H27N5O2/c1-14(2)16-9-11-17(12-10-16)21-20(15(3)26-23-24-13-25-28(21)23)22(29)27-18-7-5-6-8-19(18)30-4/h5-15,20-21H,1-4H3,(H,27,29)(H,24,25,26)/t15-,20+,21-/m0/s1. The zero-order valence-electron chi connectivity index (χ0n) is 17.7. The van der Waals surface area contributed by atoms with Gasteiger partial charge in [0, 0.05) is 6.04 Å². The number of aromatic nitrogens is 3. The Hall–Kier alpha value is -3.35. The molecule has 156 valence electrons. The van der Waals surface area contributed by atoms with Crippen molar-refractivity contribution in [2.75, 3.05) is 17.7 Å². The molecule has 0 fully saturated rings. The molecule has 1 aliphatic heterocycles. The number of nitrogens with zero attached hydrogens (tertiary/aromatic N) is 3. The molecule has 4 rings (SSSR count). The van der Waals surface area contributed by atoms with Gasteiger partial charge in [0.15, 0.2) is 0 Å². The summed E-state index contributed by atoms with van der Waals surface area (Å²) < 4.78 is 7.20. The highest BCUT2D eigenvalue weighted by molar-refractivity contribution is 5.95. The number of carbonyl (C=O) groups excluding carboxylic acids is 1. The van der Waals surface area contributed by atoms with Gasteiger partial charge in [-0.15, -0.1) is 0 Å². The Labute approximate surface area is 176 Å². The number of anilines is 2. The maximum Gasteiger partial charge on any atom is 0.232 e. The Balaban J connectivity index is 1.71. The fraction of sp³-hybridized carbons (Fsp3) is 0.348. The lowest BCUT2D eigenvalue weighted by molar-refractivity contribution is -0.121. The number of amides is 1. The highest BCUT2D eigenvalue weighted by atomic mass is 16.5. The second-order valence-electron chi connectivity index (χ2n) is 7.94. The van der Waals surface area contributed by atoms with E-state index < -0.39 is 5.92 Å². The van der Waals surface area contributed by atoms with Crippen LogP contribution in [0.1, 0.15) is 43.9 Å². The van der Waals surface area contributed by atoms with Gasteiger partial charge in [-0.3, -0.25) is 4.79 Å². The summed E-state index contributed by atoms with van der Waals surface area (Å²) in [6.07, 6.45) is 1.52. The molecule has 2 aromatic carbocycles. The molecular formula is C23H27N5O2. The van der Waals surface area contributed by atoms with Crippen molar-refractivity contribution in [3.05, 3.63) is 66.0 Å². The number of ether oxygens (including phenoxy) is 1. The fourth-order valence-corrected chi connectivity index (χ4v) is 4.04. The number of nitrogens with one attached hydrogen (secondary N) is 2. The molecule has 0 saturated carbocycles. The van der Waals surface area contributed by atoms with Gasteiger partial charge in [-0.2, -0.15) is 10.1 Å². The van der Waals surface area contributed by atoms with Crippen LogP contribution < -0.4 is 15.4 Å². The molecule has 3 atom stereocenters.